The van der Waals surface area contributed by atoms with Gasteiger partial charge in [-0.2, -0.15) is 0 Å². The van der Waals surface area contributed by atoms with E-state index in [1.807, 2.05) is 11.0 Å². The SMILES string of the molecule is CC1CCC(CC(=O)N2CCNCC2c2cccc(F)c2)C1. The molecule has 3 nitrogen and oxygen atoms in total. The van der Waals surface area contributed by atoms with Gasteiger partial charge in [0.05, 0.1) is 6.04 Å². The van der Waals surface area contributed by atoms with Gasteiger partial charge in [-0.05, 0) is 42.4 Å². The summed E-state index contributed by atoms with van der Waals surface area (Å²) >= 11 is 0. The highest BCUT2D eigenvalue weighted by Gasteiger charge is 2.31. The molecule has 2 aliphatic rings. The zero-order valence-electron chi connectivity index (χ0n) is 13.2. The van der Waals surface area contributed by atoms with Crippen molar-refractivity contribution in [1.29, 1.82) is 0 Å². The maximum absolute atomic E-state index is 13.5. The van der Waals surface area contributed by atoms with E-state index in [1.54, 1.807) is 12.1 Å². The van der Waals surface area contributed by atoms with Gasteiger partial charge in [0.1, 0.15) is 5.82 Å². The second-order valence-electron chi connectivity index (χ2n) is 6.85. The van der Waals surface area contributed by atoms with E-state index in [4.69, 9.17) is 0 Å². The number of carbonyl (C=O) groups excluding carboxylic acids is 1. The number of hydrogen-bond acceptors (Lipinski definition) is 2. The molecule has 2 fully saturated rings. The maximum atomic E-state index is 13.5. The molecule has 1 saturated heterocycles. The Hall–Kier alpha value is -1.42. The second-order valence-corrected chi connectivity index (χ2v) is 6.85. The number of nitrogens with zero attached hydrogens (tertiary/aromatic N) is 1. The van der Waals surface area contributed by atoms with Crippen molar-refractivity contribution in [2.45, 2.75) is 38.6 Å². The van der Waals surface area contributed by atoms with Crippen LogP contribution in [0.5, 0.6) is 0 Å². The van der Waals surface area contributed by atoms with Gasteiger partial charge >= 0.3 is 0 Å². The van der Waals surface area contributed by atoms with Crippen molar-refractivity contribution in [2.24, 2.45) is 11.8 Å². The number of piperazine rings is 1. The molecule has 3 atom stereocenters. The molecule has 1 aliphatic heterocycles. The Kier molecular flexibility index (Phi) is 4.77. The predicted molar refractivity (Wildman–Crippen MR) is 84.8 cm³/mol. The van der Waals surface area contributed by atoms with Crippen molar-refractivity contribution in [1.82, 2.24) is 10.2 Å². The van der Waals surface area contributed by atoms with Crippen molar-refractivity contribution < 1.29 is 9.18 Å². The number of halogens is 1. The van der Waals surface area contributed by atoms with E-state index in [0.717, 1.165) is 18.0 Å². The first-order chi connectivity index (χ1) is 10.6. The Bertz CT molecular complexity index is 534. The number of nitrogens with one attached hydrogen (secondary N) is 1. The lowest BCUT2D eigenvalue weighted by Crippen LogP contribution is -2.49. The minimum Gasteiger partial charge on any atom is -0.333 e. The minimum absolute atomic E-state index is 0.0456. The van der Waals surface area contributed by atoms with Gasteiger partial charge in [0.25, 0.3) is 0 Å². The average Bonchev–Trinajstić information content (AvgIpc) is 2.92. The Morgan fingerprint density at radius 3 is 3.00 bits per heavy atom. The van der Waals surface area contributed by atoms with Crippen LogP contribution in [0, 0.1) is 17.7 Å². The topological polar surface area (TPSA) is 32.3 Å². The lowest BCUT2D eigenvalue weighted by atomic mass is 9.98. The first-order valence-corrected chi connectivity index (χ1v) is 8.39. The molecule has 1 N–H and O–H groups in total. The van der Waals surface area contributed by atoms with E-state index in [2.05, 4.69) is 12.2 Å². The molecule has 4 heteroatoms. The van der Waals surface area contributed by atoms with E-state index >= 15 is 0 Å². The molecular weight excluding hydrogens is 279 g/mol. The van der Waals surface area contributed by atoms with Gasteiger partial charge in [-0.25, -0.2) is 4.39 Å². The molecule has 1 amide bonds. The normalized spacial score (nSPS) is 28.8. The van der Waals surface area contributed by atoms with Gasteiger partial charge in [-0.15, -0.1) is 0 Å². The summed E-state index contributed by atoms with van der Waals surface area (Å²) in [6, 6.07) is 6.59. The van der Waals surface area contributed by atoms with Crippen LogP contribution < -0.4 is 5.32 Å². The summed E-state index contributed by atoms with van der Waals surface area (Å²) in [6.07, 6.45) is 4.23. The molecule has 0 spiro atoms. The van der Waals surface area contributed by atoms with E-state index < -0.39 is 0 Å². The third-order valence-electron chi connectivity index (χ3n) is 5.06. The summed E-state index contributed by atoms with van der Waals surface area (Å²) in [4.78, 5) is 14.7. The molecule has 1 heterocycles. The van der Waals surface area contributed by atoms with Crippen LogP contribution in [0.2, 0.25) is 0 Å². The second kappa shape index (κ2) is 6.78. The Balaban J connectivity index is 1.70. The smallest absolute Gasteiger partial charge is 0.223 e. The van der Waals surface area contributed by atoms with Crippen molar-refractivity contribution in [3.63, 3.8) is 0 Å². The summed E-state index contributed by atoms with van der Waals surface area (Å²) in [5.74, 6) is 1.28. The van der Waals surface area contributed by atoms with Gasteiger partial charge in [0.2, 0.25) is 5.91 Å². The molecule has 1 aliphatic carbocycles. The van der Waals surface area contributed by atoms with Gasteiger partial charge in [-0.1, -0.05) is 25.5 Å². The molecule has 3 rings (SSSR count). The molecule has 0 radical (unpaired) electrons. The molecule has 0 aromatic heterocycles. The molecule has 3 unspecified atom stereocenters. The fourth-order valence-electron chi connectivity index (χ4n) is 3.89. The van der Waals surface area contributed by atoms with Gasteiger partial charge < -0.3 is 10.2 Å². The molecule has 1 aromatic carbocycles. The maximum Gasteiger partial charge on any atom is 0.223 e. The first-order valence-electron chi connectivity index (χ1n) is 8.39. The number of benzene rings is 1. The lowest BCUT2D eigenvalue weighted by molar-refractivity contribution is -0.135. The fourth-order valence-corrected chi connectivity index (χ4v) is 3.89. The Labute approximate surface area is 131 Å². The van der Waals surface area contributed by atoms with Gasteiger partial charge in [0.15, 0.2) is 0 Å². The Morgan fingerprint density at radius 1 is 1.41 bits per heavy atom. The number of rotatable bonds is 3. The molecule has 120 valence electrons. The van der Waals surface area contributed by atoms with E-state index in [0.29, 0.717) is 25.4 Å². The van der Waals surface area contributed by atoms with Gasteiger partial charge in [-0.3, -0.25) is 4.79 Å². The summed E-state index contributed by atoms with van der Waals surface area (Å²) in [7, 11) is 0. The largest absolute Gasteiger partial charge is 0.333 e. The molecule has 0 bridgehead atoms. The van der Waals surface area contributed by atoms with E-state index in [9.17, 15) is 9.18 Å². The highest BCUT2D eigenvalue weighted by Crippen LogP contribution is 2.34. The minimum atomic E-state index is -0.236. The van der Waals surface area contributed by atoms with Crippen molar-refractivity contribution >= 4 is 5.91 Å². The van der Waals surface area contributed by atoms with Crippen LogP contribution in [0.1, 0.15) is 44.2 Å². The quantitative estimate of drug-likeness (QED) is 0.930. The highest BCUT2D eigenvalue weighted by atomic mass is 19.1. The Morgan fingerprint density at radius 2 is 2.27 bits per heavy atom. The van der Waals surface area contributed by atoms with E-state index in [-0.39, 0.29) is 17.8 Å². The van der Waals surface area contributed by atoms with Crippen LogP contribution >= 0.6 is 0 Å². The number of hydrogen-bond donors (Lipinski definition) is 1. The molecular formula is C18H25FN2O. The van der Waals surface area contributed by atoms with E-state index in [1.165, 1.54) is 25.3 Å². The van der Waals surface area contributed by atoms with Gasteiger partial charge in [0, 0.05) is 26.1 Å². The molecule has 1 saturated carbocycles. The van der Waals surface area contributed by atoms with Crippen LogP contribution in [0.25, 0.3) is 0 Å². The summed E-state index contributed by atoms with van der Waals surface area (Å²) in [5.41, 5.74) is 0.889. The van der Waals surface area contributed by atoms with Crippen LogP contribution in [0.15, 0.2) is 24.3 Å². The van der Waals surface area contributed by atoms with Crippen molar-refractivity contribution in [3.8, 4) is 0 Å². The van der Waals surface area contributed by atoms with Crippen LogP contribution in [0.3, 0.4) is 0 Å². The van der Waals surface area contributed by atoms with Crippen molar-refractivity contribution in [3.05, 3.63) is 35.6 Å². The monoisotopic (exact) mass is 304 g/mol. The zero-order valence-corrected chi connectivity index (χ0v) is 13.2. The summed E-state index contributed by atoms with van der Waals surface area (Å²) in [5, 5.41) is 3.32. The third-order valence-corrected chi connectivity index (χ3v) is 5.06. The third kappa shape index (κ3) is 3.49. The number of amides is 1. The van der Waals surface area contributed by atoms with Crippen LogP contribution in [-0.4, -0.2) is 30.4 Å². The molecule has 1 aromatic rings. The first kappa shape index (κ1) is 15.5. The van der Waals surface area contributed by atoms with Crippen LogP contribution in [0.4, 0.5) is 4.39 Å². The lowest BCUT2D eigenvalue weighted by Gasteiger charge is -2.37. The van der Waals surface area contributed by atoms with Crippen LogP contribution in [-0.2, 0) is 4.79 Å². The predicted octanol–water partition coefficient (Wildman–Crippen LogP) is 3.12. The summed E-state index contributed by atoms with van der Waals surface area (Å²) in [6.45, 7) is 4.50. The zero-order chi connectivity index (χ0) is 15.5. The highest BCUT2D eigenvalue weighted by molar-refractivity contribution is 5.77. The fraction of sp³-hybridized carbons (Fsp3) is 0.611. The molecule has 22 heavy (non-hydrogen) atoms. The standard InChI is InChI=1S/C18H25FN2O/c1-13-5-6-14(9-13)10-18(22)21-8-7-20-12-17(21)15-3-2-4-16(19)11-15/h2-4,11,13-14,17,20H,5-10,12H2,1H3. The summed E-state index contributed by atoms with van der Waals surface area (Å²) < 4.78 is 13.5. The number of carbonyl (C=O) groups is 1. The average molecular weight is 304 g/mol. The van der Waals surface area contributed by atoms with Crippen molar-refractivity contribution in [2.75, 3.05) is 19.6 Å².